The van der Waals surface area contributed by atoms with Gasteiger partial charge in [-0.25, -0.2) is 4.79 Å². The third-order valence-corrected chi connectivity index (χ3v) is 3.70. The van der Waals surface area contributed by atoms with Crippen molar-refractivity contribution in [2.45, 2.75) is 13.5 Å². The molecule has 0 aromatic heterocycles. The highest BCUT2D eigenvalue weighted by Crippen LogP contribution is 2.37. The molecule has 2 aromatic rings. The number of carbonyl (C=O) groups excluding carboxylic acids is 1. The molecule has 1 aliphatic rings. The summed E-state index contributed by atoms with van der Waals surface area (Å²) in [5, 5.41) is 11.2. The maximum atomic E-state index is 12.3. The van der Waals surface area contributed by atoms with Crippen LogP contribution in [-0.2, 0) is 11.3 Å². The molecule has 0 unspecified atom stereocenters. The van der Waals surface area contributed by atoms with Gasteiger partial charge in [0.2, 0.25) is 0 Å². The lowest BCUT2D eigenvalue weighted by molar-refractivity contribution is -0.385. The minimum atomic E-state index is -0.776. The topological polar surface area (TPSA) is 87.9 Å². The Hall–Kier alpha value is -3.09. The molecule has 0 atom stereocenters. The second kappa shape index (κ2) is 6.57. The average Bonchev–Trinajstić information content (AvgIpc) is 2.59. The van der Waals surface area contributed by atoms with E-state index in [-0.39, 0.29) is 23.6 Å². The van der Waals surface area contributed by atoms with E-state index in [1.165, 1.54) is 12.1 Å². The van der Waals surface area contributed by atoms with Gasteiger partial charge in [-0.15, -0.1) is 0 Å². The fourth-order valence-corrected chi connectivity index (χ4v) is 2.39. The summed E-state index contributed by atoms with van der Waals surface area (Å²) in [4.78, 5) is 22.9. The molecule has 0 fully saturated rings. The minimum absolute atomic E-state index is 0.0388. The Morgan fingerprint density at radius 3 is 2.54 bits per heavy atom. The van der Waals surface area contributed by atoms with Crippen molar-refractivity contribution in [3.8, 4) is 11.5 Å². The van der Waals surface area contributed by atoms with E-state index in [0.29, 0.717) is 19.0 Å². The number of nitro benzene ring substituents is 1. The molecule has 0 saturated carbocycles. The summed E-state index contributed by atoms with van der Waals surface area (Å²) in [6.07, 6.45) is 0. The molecule has 2 aromatic carbocycles. The molecular weight excluding hydrogens is 314 g/mol. The van der Waals surface area contributed by atoms with Crippen molar-refractivity contribution < 1.29 is 23.9 Å². The number of hydrogen-bond donors (Lipinski definition) is 0. The summed E-state index contributed by atoms with van der Waals surface area (Å²) in [6, 6.07) is 9.94. The SMILES string of the molecule is Cc1ccccc1COC(=O)c1cc2c(cc1[N+](=O)[O-])OCCO2. The number of esters is 1. The van der Waals surface area contributed by atoms with Crippen LogP contribution in [0.25, 0.3) is 0 Å². The van der Waals surface area contributed by atoms with Crippen LogP contribution in [0.3, 0.4) is 0 Å². The van der Waals surface area contributed by atoms with Crippen molar-refractivity contribution in [3.63, 3.8) is 0 Å². The third-order valence-electron chi connectivity index (χ3n) is 3.70. The van der Waals surface area contributed by atoms with Gasteiger partial charge in [0.25, 0.3) is 5.69 Å². The molecule has 0 spiro atoms. The Kier molecular flexibility index (Phi) is 4.33. The number of aryl methyl sites for hydroxylation is 1. The van der Waals surface area contributed by atoms with Gasteiger partial charge in [-0.05, 0) is 18.1 Å². The molecule has 1 heterocycles. The van der Waals surface area contributed by atoms with Crippen LogP contribution in [0.15, 0.2) is 36.4 Å². The zero-order valence-corrected chi connectivity index (χ0v) is 13.0. The fraction of sp³-hybridized carbons (Fsp3) is 0.235. The Bertz CT molecular complexity index is 802. The maximum Gasteiger partial charge on any atom is 0.345 e. The Morgan fingerprint density at radius 1 is 1.21 bits per heavy atom. The van der Waals surface area contributed by atoms with Gasteiger partial charge in [-0.2, -0.15) is 0 Å². The molecule has 0 N–H and O–H groups in total. The van der Waals surface area contributed by atoms with E-state index in [1.54, 1.807) is 0 Å². The summed E-state index contributed by atoms with van der Waals surface area (Å²) in [5.74, 6) is -0.222. The van der Waals surface area contributed by atoms with Gasteiger partial charge in [0.15, 0.2) is 11.5 Å². The van der Waals surface area contributed by atoms with Crippen LogP contribution in [0.5, 0.6) is 11.5 Å². The first-order chi connectivity index (χ1) is 11.6. The first-order valence-electron chi connectivity index (χ1n) is 7.36. The Balaban J connectivity index is 1.86. The van der Waals surface area contributed by atoms with Crippen LogP contribution in [0.1, 0.15) is 21.5 Å². The highest BCUT2D eigenvalue weighted by Gasteiger charge is 2.27. The summed E-state index contributed by atoms with van der Waals surface area (Å²) in [5.41, 5.74) is 1.29. The first kappa shape index (κ1) is 15.8. The van der Waals surface area contributed by atoms with Crippen molar-refractivity contribution in [1.82, 2.24) is 0 Å². The zero-order valence-electron chi connectivity index (χ0n) is 13.0. The van der Waals surface area contributed by atoms with E-state index >= 15 is 0 Å². The molecule has 0 radical (unpaired) electrons. The number of fused-ring (bicyclic) bond motifs is 1. The molecule has 7 nitrogen and oxygen atoms in total. The molecule has 0 aliphatic carbocycles. The van der Waals surface area contributed by atoms with Crippen molar-refractivity contribution in [2.24, 2.45) is 0 Å². The van der Waals surface area contributed by atoms with Gasteiger partial charge in [-0.1, -0.05) is 24.3 Å². The van der Waals surface area contributed by atoms with Crippen LogP contribution >= 0.6 is 0 Å². The largest absolute Gasteiger partial charge is 0.486 e. The van der Waals surface area contributed by atoms with Gasteiger partial charge < -0.3 is 14.2 Å². The van der Waals surface area contributed by atoms with Crippen LogP contribution in [-0.4, -0.2) is 24.1 Å². The van der Waals surface area contributed by atoms with Crippen LogP contribution < -0.4 is 9.47 Å². The monoisotopic (exact) mass is 329 g/mol. The van der Waals surface area contributed by atoms with Gasteiger partial charge in [0, 0.05) is 6.07 Å². The van der Waals surface area contributed by atoms with Crippen molar-refractivity contribution in [1.29, 1.82) is 0 Å². The lowest BCUT2D eigenvalue weighted by Crippen LogP contribution is -2.17. The minimum Gasteiger partial charge on any atom is -0.486 e. The molecule has 0 bridgehead atoms. The van der Waals surface area contributed by atoms with E-state index in [9.17, 15) is 14.9 Å². The summed E-state index contributed by atoms with van der Waals surface area (Å²) >= 11 is 0. The fourth-order valence-electron chi connectivity index (χ4n) is 2.39. The quantitative estimate of drug-likeness (QED) is 0.487. The van der Waals surface area contributed by atoms with Crippen molar-refractivity contribution >= 4 is 11.7 Å². The number of nitro groups is 1. The molecule has 24 heavy (non-hydrogen) atoms. The smallest absolute Gasteiger partial charge is 0.345 e. The van der Waals surface area contributed by atoms with Crippen LogP contribution in [0.4, 0.5) is 5.69 Å². The molecule has 7 heteroatoms. The van der Waals surface area contributed by atoms with E-state index in [0.717, 1.165) is 11.1 Å². The van der Waals surface area contributed by atoms with Gasteiger partial charge in [0.05, 0.1) is 11.0 Å². The number of carbonyl (C=O) groups is 1. The Morgan fingerprint density at radius 2 is 1.88 bits per heavy atom. The van der Waals surface area contributed by atoms with Gasteiger partial charge >= 0.3 is 5.97 Å². The first-order valence-corrected chi connectivity index (χ1v) is 7.36. The highest BCUT2D eigenvalue weighted by atomic mass is 16.6. The van der Waals surface area contributed by atoms with Gasteiger partial charge in [-0.3, -0.25) is 10.1 Å². The van der Waals surface area contributed by atoms with Crippen LogP contribution in [0.2, 0.25) is 0 Å². The number of nitrogens with zero attached hydrogens (tertiary/aromatic N) is 1. The molecule has 1 aliphatic heterocycles. The average molecular weight is 329 g/mol. The predicted molar refractivity (Wildman–Crippen MR) is 84.4 cm³/mol. The van der Waals surface area contributed by atoms with E-state index in [2.05, 4.69) is 0 Å². The molecule has 0 saturated heterocycles. The third kappa shape index (κ3) is 3.15. The maximum absolute atomic E-state index is 12.3. The van der Waals surface area contributed by atoms with E-state index < -0.39 is 10.9 Å². The van der Waals surface area contributed by atoms with E-state index in [4.69, 9.17) is 14.2 Å². The van der Waals surface area contributed by atoms with E-state index in [1.807, 2.05) is 31.2 Å². The number of benzene rings is 2. The van der Waals surface area contributed by atoms with Crippen molar-refractivity contribution in [3.05, 3.63) is 63.2 Å². The lowest BCUT2D eigenvalue weighted by Gasteiger charge is -2.18. The second-order valence-corrected chi connectivity index (χ2v) is 5.27. The lowest BCUT2D eigenvalue weighted by atomic mass is 10.1. The summed E-state index contributed by atoms with van der Waals surface area (Å²) in [7, 11) is 0. The number of hydrogen-bond acceptors (Lipinski definition) is 6. The molecule has 0 amide bonds. The predicted octanol–water partition coefficient (Wildman–Crippen LogP) is 3.03. The molecule has 3 rings (SSSR count). The zero-order chi connectivity index (χ0) is 17.1. The normalized spacial score (nSPS) is 12.5. The molecule has 124 valence electrons. The second-order valence-electron chi connectivity index (χ2n) is 5.27. The molecular formula is C17H15NO6. The van der Waals surface area contributed by atoms with Gasteiger partial charge in [0.1, 0.15) is 25.4 Å². The van der Waals surface area contributed by atoms with Crippen LogP contribution in [0, 0.1) is 17.0 Å². The summed E-state index contributed by atoms with van der Waals surface area (Å²) < 4.78 is 15.9. The summed E-state index contributed by atoms with van der Waals surface area (Å²) in [6.45, 7) is 2.57. The highest BCUT2D eigenvalue weighted by molar-refractivity contribution is 5.95. The number of rotatable bonds is 4. The van der Waals surface area contributed by atoms with Crippen molar-refractivity contribution in [2.75, 3.05) is 13.2 Å². The number of ether oxygens (including phenoxy) is 3. The Labute approximate surface area is 137 Å². The standard InChI is InChI=1S/C17H15NO6/c1-11-4-2-3-5-12(11)10-24-17(19)13-8-15-16(23-7-6-22-15)9-14(13)18(20)21/h2-5,8-9H,6-7,10H2,1H3.